The van der Waals surface area contributed by atoms with Crippen LogP contribution in [0.1, 0.15) is 47.0 Å². The number of carbonyl (C=O) groups excluding carboxylic acids is 1. The maximum absolute atomic E-state index is 12.0. The predicted molar refractivity (Wildman–Crippen MR) is 108 cm³/mol. The molecule has 6 nitrogen and oxygen atoms in total. The molecule has 0 aromatic carbocycles. The number of hydrogen-bond donors (Lipinski definition) is 1. The van der Waals surface area contributed by atoms with Crippen molar-refractivity contribution in [3.05, 3.63) is 0 Å². The second-order valence-electron chi connectivity index (χ2n) is 6.05. The molecule has 0 aliphatic carbocycles. The Labute approximate surface area is 163 Å². The smallest absolute Gasteiger partial charge is 0.310 e. The van der Waals surface area contributed by atoms with Crippen LogP contribution in [0.5, 0.6) is 0 Å². The molecule has 0 spiro atoms. The second kappa shape index (κ2) is 13.7. The van der Waals surface area contributed by atoms with Gasteiger partial charge in [0.25, 0.3) is 0 Å². The van der Waals surface area contributed by atoms with Gasteiger partial charge >= 0.3 is 5.97 Å². The highest BCUT2D eigenvalue weighted by molar-refractivity contribution is 14.0. The van der Waals surface area contributed by atoms with Crippen molar-refractivity contribution in [1.82, 2.24) is 10.2 Å². The molecule has 1 fully saturated rings. The molecule has 0 aromatic rings. The summed E-state index contributed by atoms with van der Waals surface area (Å²) in [7, 11) is 0. The Morgan fingerprint density at radius 3 is 2.75 bits per heavy atom. The average molecular weight is 455 g/mol. The van der Waals surface area contributed by atoms with Crippen LogP contribution in [0.2, 0.25) is 0 Å². The number of guanidine groups is 1. The lowest BCUT2D eigenvalue weighted by molar-refractivity contribution is -0.149. The summed E-state index contributed by atoms with van der Waals surface area (Å²) in [5.74, 6) is 0.765. The van der Waals surface area contributed by atoms with Crippen LogP contribution >= 0.6 is 24.0 Å². The molecule has 0 saturated carbocycles. The Balaban J connectivity index is 0.00000529. The number of rotatable bonds is 8. The molecule has 1 unspecified atom stereocenters. The quantitative estimate of drug-likeness (QED) is 0.201. The van der Waals surface area contributed by atoms with E-state index in [1.165, 1.54) is 0 Å². The fourth-order valence-electron chi connectivity index (χ4n) is 2.62. The number of likely N-dealkylation sites (tertiary alicyclic amines) is 1. The van der Waals surface area contributed by atoms with Crippen molar-refractivity contribution in [3.63, 3.8) is 0 Å². The van der Waals surface area contributed by atoms with E-state index in [-0.39, 0.29) is 42.0 Å². The van der Waals surface area contributed by atoms with Gasteiger partial charge in [-0.3, -0.25) is 9.79 Å². The minimum Gasteiger partial charge on any atom is -0.466 e. The van der Waals surface area contributed by atoms with E-state index in [4.69, 9.17) is 9.47 Å². The lowest BCUT2D eigenvalue weighted by atomic mass is 9.98. The van der Waals surface area contributed by atoms with Gasteiger partial charge in [-0.25, -0.2) is 0 Å². The fourth-order valence-corrected chi connectivity index (χ4v) is 2.62. The topological polar surface area (TPSA) is 63.2 Å². The second-order valence-corrected chi connectivity index (χ2v) is 6.05. The van der Waals surface area contributed by atoms with Gasteiger partial charge in [-0.05, 0) is 47.0 Å². The zero-order valence-corrected chi connectivity index (χ0v) is 17.9. The number of ether oxygens (including phenoxy) is 2. The number of nitrogens with one attached hydrogen (secondary N) is 1. The highest BCUT2D eigenvalue weighted by Crippen LogP contribution is 2.18. The van der Waals surface area contributed by atoms with Crippen molar-refractivity contribution in [2.24, 2.45) is 10.9 Å². The molecule has 7 heteroatoms. The molecule has 1 aliphatic heterocycles. The van der Waals surface area contributed by atoms with Crippen molar-refractivity contribution in [3.8, 4) is 0 Å². The maximum Gasteiger partial charge on any atom is 0.310 e. The molecular formula is C17H34IN3O3. The summed E-state index contributed by atoms with van der Waals surface area (Å²) >= 11 is 0. The summed E-state index contributed by atoms with van der Waals surface area (Å²) < 4.78 is 10.7. The summed E-state index contributed by atoms with van der Waals surface area (Å²) in [6.07, 6.45) is 3.06. The number of carbonyl (C=O) groups is 1. The van der Waals surface area contributed by atoms with Crippen molar-refractivity contribution >= 4 is 35.9 Å². The molecule has 0 aromatic heterocycles. The first-order valence-corrected chi connectivity index (χ1v) is 8.89. The third kappa shape index (κ3) is 9.05. The first-order chi connectivity index (χ1) is 11.1. The van der Waals surface area contributed by atoms with E-state index in [0.717, 1.165) is 51.5 Å². The normalized spacial score (nSPS) is 18.3. The van der Waals surface area contributed by atoms with E-state index >= 15 is 0 Å². The molecule has 142 valence electrons. The monoisotopic (exact) mass is 455 g/mol. The molecule has 0 bridgehead atoms. The lowest BCUT2D eigenvalue weighted by Crippen LogP contribution is -2.48. The maximum atomic E-state index is 12.0. The number of nitrogens with zero attached hydrogens (tertiary/aromatic N) is 2. The predicted octanol–water partition coefficient (Wildman–Crippen LogP) is 2.66. The van der Waals surface area contributed by atoms with Crippen LogP contribution in [0.3, 0.4) is 0 Å². The van der Waals surface area contributed by atoms with E-state index in [9.17, 15) is 4.79 Å². The summed E-state index contributed by atoms with van der Waals surface area (Å²) in [6.45, 7) is 12.3. The summed E-state index contributed by atoms with van der Waals surface area (Å²) in [6, 6.07) is 0. The van der Waals surface area contributed by atoms with Gasteiger partial charge in [-0.15, -0.1) is 24.0 Å². The molecule has 24 heavy (non-hydrogen) atoms. The van der Waals surface area contributed by atoms with Crippen LogP contribution in [-0.4, -0.2) is 62.3 Å². The molecule has 1 saturated heterocycles. The van der Waals surface area contributed by atoms with Gasteiger partial charge in [-0.2, -0.15) is 0 Å². The molecular weight excluding hydrogens is 421 g/mol. The largest absolute Gasteiger partial charge is 0.466 e. The van der Waals surface area contributed by atoms with E-state index in [1.54, 1.807) is 0 Å². The summed E-state index contributed by atoms with van der Waals surface area (Å²) in [4.78, 5) is 18.8. The third-order valence-corrected chi connectivity index (χ3v) is 3.69. The van der Waals surface area contributed by atoms with Gasteiger partial charge in [0.1, 0.15) is 0 Å². The van der Waals surface area contributed by atoms with Crippen LogP contribution in [0, 0.1) is 5.92 Å². The number of hydrogen-bond acceptors (Lipinski definition) is 4. The molecule has 1 atom stereocenters. The van der Waals surface area contributed by atoms with Gasteiger partial charge in [0.2, 0.25) is 0 Å². The number of halogens is 1. The van der Waals surface area contributed by atoms with Gasteiger partial charge in [0.05, 0.1) is 18.6 Å². The molecule has 0 radical (unpaired) electrons. The van der Waals surface area contributed by atoms with Crippen LogP contribution < -0.4 is 5.32 Å². The lowest BCUT2D eigenvalue weighted by Gasteiger charge is -2.34. The molecule has 1 heterocycles. The van der Waals surface area contributed by atoms with Crippen LogP contribution in [0.4, 0.5) is 0 Å². The van der Waals surface area contributed by atoms with Crippen LogP contribution in [0.15, 0.2) is 4.99 Å². The summed E-state index contributed by atoms with van der Waals surface area (Å²) in [5, 5.41) is 3.33. The Kier molecular flexibility index (Phi) is 13.4. The van der Waals surface area contributed by atoms with Gasteiger partial charge < -0.3 is 19.7 Å². The molecule has 1 rings (SSSR count). The van der Waals surface area contributed by atoms with Gasteiger partial charge in [0.15, 0.2) is 5.96 Å². The van der Waals surface area contributed by atoms with Gasteiger partial charge in [-0.1, -0.05) is 0 Å². The first-order valence-electron chi connectivity index (χ1n) is 8.89. The summed E-state index contributed by atoms with van der Waals surface area (Å²) in [5.41, 5.74) is 0. The Bertz CT molecular complexity index is 378. The zero-order valence-electron chi connectivity index (χ0n) is 15.5. The fraction of sp³-hybridized carbons (Fsp3) is 0.882. The van der Waals surface area contributed by atoms with E-state index in [0.29, 0.717) is 13.2 Å². The number of piperidine rings is 1. The molecule has 1 aliphatic rings. The average Bonchev–Trinajstić information content (AvgIpc) is 2.53. The third-order valence-electron chi connectivity index (χ3n) is 3.69. The Morgan fingerprint density at radius 1 is 1.38 bits per heavy atom. The van der Waals surface area contributed by atoms with Crippen LogP contribution in [-0.2, 0) is 14.3 Å². The highest BCUT2D eigenvalue weighted by Gasteiger charge is 2.28. The first kappa shape index (κ1) is 23.4. The van der Waals surface area contributed by atoms with Gasteiger partial charge in [0, 0.05) is 32.8 Å². The van der Waals surface area contributed by atoms with E-state index in [1.807, 2.05) is 20.8 Å². The zero-order chi connectivity index (χ0) is 17.1. The SMILES string of the molecule is CCNC(=NCCCOC(C)C)N1CCCC(C(=O)OCC)C1.I. The Hall–Kier alpha value is -0.570. The Morgan fingerprint density at radius 2 is 2.12 bits per heavy atom. The highest BCUT2D eigenvalue weighted by atomic mass is 127. The van der Waals surface area contributed by atoms with Crippen LogP contribution in [0.25, 0.3) is 0 Å². The molecule has 0 amide bonds. The minimum atomic E-state index is -0.0848. The number of aliphatic imine (C=N–C) groups is 1. The van der Waals surface area contributed by atoms with Crippen molar-refractivity contribution in [2.45, 2.75) is 53.1 Å². The number of esters is 1. The van der Waals surface area contributed by atoms with Crippen molar-refractivity contribution in [1.29, 1.82) is 0 Å². The van der Waals surface area contributed by atoms with E-state index < -0.39 is 0 Å². The minimum absolute atomic E-state index is 0. The van der Waals surface area contributed by atoms with Crippen molar-refractivity contribution < 1.29 is 14.3 Å². The standard InChI is InChI=1S/C17H33N3O3.HI/c1-5-18-17(19-10-8-12-23-14(3)4)20-11-7-9-15(13-20)16(21)22-6-2;/h14-15H,5-13H2,1-4H3,(H,18,19);1H. The molecule has 1 N–H and O–H groups in total. The van der Waals surface area contributed by atoms with Crippen molar-refractivity contribution in [2.75, 3.05) is 39.4 Å². The van der Waals surface area contributed by atoms with E-state index in [2.05, 4.69) is 22.1 Å².